The van der Waals surface area contributed by atoms with Gasteiger partial charge in [0.25, 0.3) is 16.0 Å². The summed E-state index contributed by atoms with van der Waals surface area (Å²) in [4.78, 5) is 14.2. The Kier molecular flexibility index (Phi) is 6.59. The maximum absolute atomic E-state index is 13.2. The lowest BCUT2D eigenvalue weighted by atomic mass is 9.85. The number of likely N-dealkylation sites (N-methyl/N-ethyl adjacent to an activating group) is 1. The van der Waals surface area contributed by atoms with E-state index in [0.717, 1.165) is 5.56 Å². The average molecular weight is 486 g/mol. The first-order valence-electron chi connectivity index (χ1n) is 10.4. The van der Waals surface area contributed by atoms with Gasteiger partial charge >= 0.3 is 0 Å². The molecule has 4 unspecified atom stereocenters. The van der Waals surface area contributed by atoms with Gasteiger partial charge in [-0.3, -0.25) is 8.98 Å². The van der Waals surface area contributed by atoms with Crippen LogP contribution in [-0.4, -0.2) is 43.5 Å². The molecule has 1 N–H and O–H groups in total. The number of aliphatic hydroxyl groups excluding tert-OH is 1. The van der Waals surface area contributed by atoms with Crippen LogP contribution in [0.3, 0.4) is 0 Å². The van der Waals surface area contributed by atoms with Gasteiger partial charge in [0.05, 0.1) is 10.9 Å². The van der Waals surface area contributed by atoms with E-state index in [1.807, 2.05) is 13.0 Å². The van der Waals surface area contributed by atoms with Gasteiger partial charge in [0, 0.05) is 18.0 Å². The maximum atomic E-state index is 13.2. The number of hydrogen-bond donors (Lipinski definition) is 1. The SMILES string of the molecule is Cc1ccc(S(=O)(=O)OC(c2ccccc2)C2C(c3ccc(Cl)cc3)C(O)C(=O)N2C)cc1. The second kappa shape index (κ2) is 9.27. The zero-order valence-electron chi connectivity index (χ0n) is 18.1. The Balaban J connectivity index is 1.81. The summed E-state index contributed by atoms with van der Waals surface area (Å²) >= 11 is 6.03. The van der Waals surface area contributed by atoms with Gasteiger partial charge in [-0.25, -0.2) is 0 Å². The predicted octanol–water partition coefficient (Wildman–Crippen LogP) is 4.08. The molecule has 6 nitrogen and oxygen atoms in total. The van der Waals surface area contributed by atoms with E-state index in [1.54, 1.807) is 67.7 Å². The van der Waals surface area contributed by atoms with Gasteiger partial charge < -0.3 is 10.0 Å². The van der Waals surface area contributed by atoms with Crippen molar-refractivity contribution in [1.29, 1.82) is 0 Å². The highest BCUT2D eigenvalue weighted by molar-refractivity contribution is 7.86. The van der Waals surface area contributed by atoms with Crippen LogP contribution in [0.25, 0.3) is 0 Å². The summed E-state index contributed by atoms with van der Waals surface area (Å²) in [5.74, 6) is -1.23. The van der Waals surface area contributed by atoms with Gasteiger partial charge in [-0.1, -0.05) is 71.8 Å². The molecule has 0 spiro atoms. The van der Waals surface area contributed by atoms with Crippen LogP contribution in [0.1, 0.15) is 28.7 Å². The van der Waals surface area contributed by atoms with Crippen LogP contribution in [0.5, 0.6) is 0 Å². The van der Waals surface area contributed by atoms with Crippen LogP contribution < -0.4 is 0 Å². The number of benzene rings is 3. The highest BCUT2D eigenvalue weighted by Crippen LogP contribution is 2.43. The molecule has 0 saturated carbocycles. The van der Waals surface area contributed by atoms with Gasteiger partial charge in [0.1, 0.15) is 12.2 Å². The molecule has 1 aliphatic rings. The molecule has 8 heteroatoms. The number of amides is 1. The van der Waals surface area contributed by atoms with Crippen LogP contribution in [-0.2, 0) is 19.1 Å². The van der Waals surface area contributed by atoms with Crippen molar-refractivity contribution in [1.82, 2.24) is 4.90 Å². The van der Waals surface area contributed by atoms with Crippen LogP contribution in [0.4, 0.5) is 0 Å². The van der Waals surface area contributed by atoms with Crippen molar-refractivity contribution in [3.63, 3.8) is 0 Å². The van der Waals surface area contributed by atoms with Crippen molar-refractivity contribution in [3.05, 3.63) is 101 Å². The summed E-state index contributed by atoms with van der Waals surface area (Å²) < 4.78 is 32.3. The topological polar surface area (TPSA) is 83.9 Å². The first kappa shape index (κ1) is 23.4. The van der Waals surface area contributed by atoms with E-state index in [0.29, 0.717) is 16.1 Å². The van der Waals surface area contributed by atoms with E-state index in [1.165, 1.54) is 17.0 Å². The molecule has 0 aromatic heterocycles. The molecule has 3 aromatic carbocycles. The number of rotatable bonds is 6. The number of aryl methyl sites for hydroxylation is 1. The minimum absolute atomic E-state index is 0.0181. The molecule has 0 radical (unpaired) electrons. The Morgan fingerprint density at radius 3 is 2.18 bits per heavy atom. The standard InChI is InChI=1S/C25H24ClNO5S/c1-16-8-14-20(15-9-16)33(30,31)32-24(18-6-4-3-5-7-18)22-21(23(28)25(29)27(22)2)17-10-12-19(26)13-11-17/h3-15,21-24,28H,1-2H3. The predicted molar refractivity (Wildman–Crippen MR) is 125 cm³/mol. The van der Waals surface area contributed by atoms with E-state index >= 15 is 0 Å². The highest BCUT2D eigenvalue weighted by atomic mass is 35.5. The first-order chi connectivity index (χ1) is 15.7. The Morgan fingerprint density at radius 1 is 0.970 bits per heavy atom. The molecular weight excluding hydrogens is 462 g/mol. The molecule has 33 heavy (non-hydrogen) atoms. The largest absolute Gasteiger partial charge is 0.383 e. The number of halogens is 1. The van der Waals surface area contributed by atoms with Gasteiger partial charge in [0.15, 0.2) is 0 Å². The van der Waals surface area contributed by atoms with Gasteiger partial charge in [0.2, 0.25) is 0 Å². The van der Waals surface area contributed by atoms with Crippen molar-refractivity contribution in [2.24, 2.45) is 0 Å². The molecule has 0 aliphatic carbocycles. The molecule has 4 atom stereocenters. The normalized spacial score (nSPS) is 21.9. The summed E-state index contributed by atoms with van der Waals surface area (Å²) in [7, 11) is -2.63. The second-order valence-electron chi connectivity index (χ2n) is 8.16. The zero-order chi connectivity index (χ0) is 23.8. The van der Waals surface area contributed by atoms with Gasteiger partial charge in [-0.2, -0.15) is 8.42 Å². The van der Waals surface area contributed by atoms with Crippen molar-refractivity contribution in [3.8, 4) is 0 Å². The fourth-order valence-corrected chi connectivity index (χ4v) is 5.45. The smallest absolute Gasteiger partial charge is 0.297 e. The molecule has 1 aliphatic heterocycles. The fraction of sp³-hybridized carbons (Fsp3) is 0.240. The Hall–Kier alpha value is -2.71. The minimum Gasteiger partial charge on any atom is -0.383 e. The Bertz CT molecular complexity index is 1230. The van der Waals surface area contributed by atoms with E-state index in [4.69, 9.17) is 15.8 Å². The Morgan fingerprint density at radius 2 is 1.58 bits per heavy atom. The summed E-state index contributed by atoms with van der Waals surface area (Å²) in [5, 5.41) is 11.3. The summed E-state index contributed by atoms with van der Waals surface area (Å²) in [6, 6.07) is 21.2. The lowest BCUT2D eigenvalue weighted by molar-refractivity contribution is -0.134. The van der Waals surface area contributed by atoms with E-state index < -0.39 is 40.2 Å². The number of likely N-dealkylation sites (tertiary alicyclic amines) is 1. The molecule has 1 heterocycles. The number of nitrogens with zero attached hydrogens (tertiary/aromatic N) is 1. The first-order valence-corrected chi connectivity index (χ1v) is 12.2. The average Bonchev–Trinajstić information content (AvgIpc) is 3.03. The van der Waals surface area contributed by atoms with Crippen LogP contribution in [0.2, 0.25) is 5.02 Å². The molecule has 1 amide bonds. The summed E-state index contributed by atoms with van der Waals surface area (Å²) in [6.07, 6.45) is -2.40. The van der Waals surface area contributed by atoms with Gasteiger partial charge in [-0.15, -0.1) is 0 Å². The number of aliphatic hydroxyl groups is 1. The zero-order valence-corrected chi connectivity index (χ0v) is 19.7. The molecular formula is C25H24ClNO5S. The van der Waals surface area contributed by atoms with E-state index in [9.17, 15) is 18.3 Å². The number of carbonyl (C=O) groups is 1. The van der Waals surface area contributed by atoms with Crippen molar-refractivity contribution in [2.45, 2.75) is 36.0 Å². The van der Waals surface area contributed by atoms with Crippen LogP contribution in [0, 0.1) is 6.92 Å². The second-order valence-corrected chi connectivity index (χ2v) is 10.2. The van der Waals surface area contributed by atoms with Crippen LogP contribution in [0.15, 0.2) is 83.8 Å². The lowest BCUT2D eigenvalue weighted by Gasteiger charge is -2.32. The van der Waals surface area contributed by atoms with Gasteiger partial charge in [-0.05, 0) is 42.3 Å². The molecule has 4 rings (SSSR count). The molecule has 0 bridgehead atoms. The third-order valence-electron chi connectivity index (χ3n) is 5.99. The minimum atomic E-state index is -4.17. The third kappa shape index (κ3) is 4.68. The van der Waals surface area contributed by atoms with Crippen molar-refractivity contribution in [2.75, 3.05) is 7.05 Å². The summed E-state index contributed by atoms with van der Waals surface area (Å²) in [6.45, 7) is 1.86. The third-order valence-corrected chi connectivity index (χ3v) is 7.55. The molecule has 3 aromatic rings. The quantitative estimate of drug-likeness (QED) is 0.532. The van der Waals surface area contributed by atoms with E-state index in [-0.39, 0.29) is 4.90 Å². The molecule has 172 valence electrons. The maximum Gasteiger partial charge on any atom is 0.297 e. The molecule has 1 saturated heterocycles. The number of carbonyl (C=O) groups excluding carboxylic acids is 1. The lowest BCUT2D eigenvalue weighted by Crippen LogP contribution is -2.38. The molecule has 1 fully saturated rings. The Labute approximate surface area is 198 Å². The monoisotopic (exact) mass is 485 g/mol. The van der Waals surface area contributed by atoms with Crippen molar-refractivity contribution >= 4 is 27.6 Å². The van der Waals surface area contributed by atoms with E-state index in [2.05, 4.69) is 0 Å². The number of hydrogen-bond acceptors (Lipinski definition) is 5. The summed E-state index contributed by atoms with van der Waals surface area (Å²) in [5.41, 5.74) is 2.15. The fourth-order valence-electron chi connectivity index (χ4n) is 4.24. The van der Waals surface area contributed by atoms with Crippen LogP contribution >= 0.6 is 11.6 Å². The highest BCUT2D eigenvalue weighted by Gasteiger charge is 2.51. The van der Waals surface area contributed by atoms with Crippen molar-refractivity contribution < 1.29 is 22.5 Å².